The highest BCUT2D eigenvalue weighted by Crippen LogP contribution is 2.38. The van der Waals surface area contributed by atoms with E-state index in [4.69, 9.17) is 34.8 Å². The van der Waals surface area contributed by atoms with E-state index in [1.807, 2.05) is 65.6 Å². The number of anilines is 1. The van der Waals surface area contributed by atoms with Crippen LogP contribution in [0.25, 0.3) is 0 Å². The smallest absolute Gasteiger partial charge is 0.253 e. The standard InChI is InChI=1S/C28H28Cl3N3O/c29-22-8-6-20(7-9-22)27-19-33(16-17-34(27)26-11-10-23(30)18-25(26)31)24-12-14-32(15-13-24)28(35)21-4-2-1-3-5-21/h1-11,18,24,27H,12-17,19H2. The zero-order valence-corrected chi connectivity index (χ0v) is 21.7. The summed E-state index contributed by atoms with van der Waals surface area (Å²) < 4.78 is 0. The number of halogens is 3. The summed E-state index contributed by atoms with van der Waals surface area (Å²) in [5.74, 6) is 0.130. The van der Waals surface area contributed by atoms with Crippen molar-refractivity contribution in [1.82, 2.24) is 9.80 Å². The maximum atomic E-state index is 12.9. The number of carbonyl (C=O) groups is 1. The van der Waals surface area contributed by atoms with Crippen molar-refractivity contribution in [1.29, 1.82) is 0 Å². The summed E-state index contributed by atoms with van der Waals surface area (Å²) in [4.78, 5) is 19.8. The molecule has 1 amide bonds. The molecular weight excluding hydrogens is 501 g/mol. The molecule has 0 spiro atoms. The van der Waals surface area contributed by atoms with E-state index in [0.717, 1.165) is 61.8 Å². The quantitative estimate of drug-likeness (QED) is 0.372. The minimum atomic E-state index is 0.130. The zero-order valence-electron chi connectivity index (χ0n) is 19.4. The van der Waals surface area contributed by atoms with Gasteiger partial charge in [0.25, 0.3) is 5.91 Å². The van der Waals surface area contributed by atoms with Gasteiger partial charge in [0.15, 0.2) is 0 Å². The van der Waals surface area contributed by atoms with E-state index in [0.29, 0.717) is 16.1 Å². The maximum absolute atomic E-state index is 12.9. The fourth-order valence-electron chi connectivity index (χ4n) is 5.31. The third-order valence-corrected chi connectivity index (χ3v) is 7.96. The van der Waals surface area contributed by atoms with Gasteiger partial charge in [0.1, 0.15) is 0 Å². The molecule has 1 unspecified atom stereocenters. The van der Waals surface area contributed by atoms with Gasteiger partial charge in [-0.1, -0.05) is 65.1 Å². The van der Waals surface area contributed by atoms with Crippen molar-refractivity contribution in [3.63, 3.8) is 0 Å². The minimum Gasteiger partial charge on any atom is -0.361 e. The lowest BCUT2D eigenvalue weighted by molar-refractivity contribution is 0.0587. The Labute approximate surface area is 222 Å². The number of nitrogens with zero attached hydrogens (tertiary/aromatic N) is 3. The summed E-state index contributed by atoms with van der Waals surface area (Å²) in [6.45, 7) is 4.26. The molecular formula is C28H28Cl3N3O. The van der Waals surface area contributed by atoms with Crippen molar-refractivity contribution >= 4 is 46.4 Å². The monoisotopic (exact) mass is 527 g/mol. The fraction of sp³-hybridized carbons (Fsp3) is 0.321. The molecule has 3 aromatic carbocycles. The highest BCUT2D eigenvalue weighted by molar-refractivity contribution is 6.36. The molecule has 0 aliphatic carbocycles. The average molecular weight is 529 g/mol. The molecule has 2 fully saturated rings. The third-order valence-electron chi connectivity index (χ3n) is 7.17. The normalized spacial score (nSPS) is 19.7. The number of amides is 1. The first-order valence-corrected chi connectivity index (χ1v) is 13.2. The van der Waals surface area contributed by atoms with Gasteiger partial charge >= 0.3 is 0 Å². The van der Waals surface area contributed by atoms with E-state index in [2.05, 4.69) is 21.9 Å². The van der Waals surface area contributed by atoms with E-state index < -0.39 is 0 Å². The Bertz CT molecular complexity index is 1160. The second-order valence-corrected chi connectivity index (χ2v) is 10.5. The number of hydrogen-bond acceptors (Lipinski definition) is 3. The Morgan fingerprint density at radius 1 is 0.771 bits per heavy atom. The van der Waals surface area contributed by atoms with Crippen LogP contribution < -0.4 is 4.90 Å². The van der Waals surface area contributed by atoms with Crippen molar-refractivity contribution in [2.24, 2.45) is 0 Å². The summed E-state index contributed by atoms with van der Waals surface area (Å²) in [5, 5.41) is 2.03. The largest absolute Gasteiger partial charge is 0.361 e. The lowest BCUT2D eigenvalue weighted by atomic mass is 9.96. The molecule has 2 aliphatic heterocycles. The van der Waals surface area contributed by atoms with Crippen LogP contribution in [0.4, 0.5) is 5.69 Å². The number of carbonyl (C=O) groups excluding carboxylic acids is 1. The number of benzene rings is 3. The Morgan fingerprint density at radius 2 is 1.46 bits per heavy atom. The first-order valence-electron chi connectivity index (χ1n) is 12.0. The van der Waals surface area contributed by atoms with Gasteiger partial charge in [0, 0.05) is 54.4 Å². The van der Waals surface area contributed by atoms with Crippen LogP contribution in [0.15, 0.2) is 72.8 Å². The summed E-state index contributed by atoms with van der Waals surface area (Å²) in [6.07, 6.45) is 1.96. The van der Waals surface area contributed by atoms with E-state index in [9.17, 15) is 4.79 Å². The molecule has 182 valence electrons. The molecule has 2 heterocycles. The molecule has 35 heavy (non-hydrogen) atoms. The second kappa shape index (κ2) is 10.8. The van der Waals surface area contributed by atoms with Crippen molar-refractivity contribution in [3.05, 3.63) is 99.0 Å². The van der Waals surface area contributed by atoms with Gasteiger partial charge in [-0.15, -0.1) is 0 Å². The molecule has 0 aromatic heterocycles. The van der Waals surface area contributed by atoms with Crippen LogP contribution in [0.2, 0.25) is 15.1 Å². The van der Waals surface area contributed by atoms with Gasteiger partial charge in [-0.3, -0.25) is 9.69 Å². The van der Waals surface area contributed by atoms with Gasteiger partial charge in [0.2, 0.25) is 0 Å². The molecule has 0 bridgehead atoms. The summed E-state index contributed by atoms with van der Waals surface area (Å²) in [5.41, 5.74) is 2.97. The molecule has 0 saturated carbocycles. The van der Waals surface area contributed by atoms with Crippen molar-refractivity contribution in [2.75, 3.05) is 37.6 Å². The predicted octanol–water partition coefficient (Wildman–Crippen LogP) is 6.81. The molecule has 3 aromatic rings. The van der Waals surface area contributed by atoms with Crippen LogP contribution in [-0.4, -0.2) is 54.5 Å². The first kappa shape index (κ1) is 24.5. The van der Waals surface area contributed by atoms with Crippen molar-refractivity contribution in [3.8, 4) is 0 Å². The molecule has 1 atom stereocenters. The second-order valence-electron chi connectivity index (χ2n) is 9.24. The summed E-state index contributed by atoms with van der Waals surface area (Å²) in [6, 6.07) is 24.0. The molecule has 5 rings (SSSR count). The molecule has 2 saturated heterocycles. The van der Waals surface area contributed by atoms with Crippen LogP contribution in [0, 0.1) is 0 Å². The third kappa shape index (κ3) is 5.46. The Balaban J connectivity index is 1.31. The number of piperazine rings is 1. The van der Waals surface area contributed by atoms with Crippen LogP contribution in [0.5, 0.6) is 0 Å². The zero-order chi connectivity index (χ0) is 24.4. The van der Waals surface area contributed by atoms with Gasteiger partial charge in [-0.2, -0.15) is 0 Å². The topological polar surface area (TPSA) is 26.8 Å². The van der Waals surface area contributed by atoms with Crippen LogP contribution >= 0.6 is 34.8 Å². The van der Waals surface area contributed by atoms with E-state index in [-0.39, 0.29) is 11.9 Å². The molecule has 2 aliphatic rings. The van der Waals surface area contributed by atoms with Crippen molar-refractivity contribution < 1.29 is 4.79 Å². The highest BCUT2D eigenvalue weighted by atomic mass is 35.5. The number of rotatable bonds is 4. The highest BCUT2D eigenvalue weighted by Gasteiger charge is 2.35. The van der Waals surface area contributed by atoms with E-state index >= 15 is 0 Å². The van der Waals surface area contributed by atoms with Crippen LogP contribution in [-0.2, 0) is 0 Å². The van der Waals surface area contributed by atoms with Crippen LogP contribution in [0.3, 0.4) is 0 Å². The average Bonchev–Trinajstić information content (AvgIpc) is 2.89. The fourth-order valence-corrected chi connectivity index (χ4v) is 5.95. The van der Waals surface area contributed by atoms with Gasteiger partial charge in [-0.05, 0) is 60.9 Å². The van der Waals surface area contributed by atoms with Gasteiger partial charge < -0.3 is 9.80 Å². The number of likely N-dealkylation sites (tertiary alicyclic amines) is 1. The van der Waals surface area contributed by atoms with Gasteiger partial charge in [0.05, 0.1) is 16.8 Å². The van der Waals surface area contributed by atoms with E-state index in [1.165, 1.54) is 5.56 Å². The number of piperidine rings is 1. The van der Waals surface area contributed by atoms with Gasteiger partial charge in [-0.25, -0.2) is 0 Å². The van der Waals surface area contributed by atoms with Crippen LogP contribution in [0.1, 0.15) is 34.8 Å². The first-order chi connectivity index (χ1) is 17.0. The molecule has 0 N–H and O–H groups in total. The molecule has 0 radical (unpaired) electrons. The van der Waals surface area contributed by atoms with Crippen molar-refractivity contribution in [2.45, 2.75) is 24.9 Å². The summed E-state index contributed by atoms with van der Waals surface area (Å²) in [7, 11) is 0. The Morgan fingerprint density at radius 3 is 2.14 bits per heavy atom. The Hall–Kier alpha value is -2.24. The SMILES string of the molecule is O=C(c1ccccc1)N1CCC(N2CCN(c3ccc(Cl)cc3Cl)C(c3ccc(Cl)cc3)C2)CC1. The molecule has 4 nitrogen and oxygen atoms in total. The lowest BCUT2D eigenvalue weighted by Crippen LogP contribution is -2.55. The predicted molar refractivity (Wildman–Crippen MR) is 145 cm³/mol. The number of hydrogen-bond donors (Lipinski definition) is 0. The van der Waals surface area contributed by atoms with E-state index in [1.54, 1.807) is 0 Å². The summed E-state index contributed by atoms with van der Waals surface area (Å²) >= 11 is 19.0. The maximum Gasteiger partial charge on any atom is 0.253 e. The molecule has 7 heteroatoms. The Kier molecular flexibility index (Phi) is 7.54. The lowest BCUT2D eigenvalue weighted by Gasteiger charge is -2.47. The minimum absolute atomic E-state index is 0.130.